The van der Waals surface area contributed by atoms with Crippen LogP contribution < -0.4 is 5.56 Å². The lowest BCUT2D eigenvalue weighted by Crippen LogP contribution is -2.04. The fourth-order valence-electron chi connectivity index (χ4n) is 1.62. The van der Waals surface area contributed by atoms with E-state index >= 15 is 0 Å². The standard InChI is InChI=1S/C10H5IN2OS/c11-5-2-1-3-6-7(5)8-9(14)12-4-13-10(8)15-6/h1-4H,(H,12,13,14). The quantitative estimate of drug-likeness (QED) is 0.645. The van der Waals surface area contributed by atoms with Gasteiger partial charge in [0.15, 0.2) is 0 Å². The second-order valence-corrected chi connectivity index (χ2v) is 5.32. The fraction of sp³-hybridized carbons (Fsp3) is 0. The van der Waals surface area contributed by atoms with E-state index in [9.17, 15) is 4.79 Å². The Labute approximate surface area is 102 Å². The Kier molecular flexibility index (Phi) is 2.03. The molecule has 0 atom stereocenters. The van der Waals surface area contributed by atoms with Crippen LogP contribution in [0.1, 0.15) is 0 Å². The zero-order chi connectivity index (χ0) is 10.4. The van der Waals surface area contributed by atoms with Gasteiger partial charge in [-0.2, -0.15) is 0 Å². The molecule has 3 rings (SSSR count). The number of aromatic amines is 1. The van der Waals surface area contributed by atoms with E-state index in [0.29, 0.717) is 5.39 Å². The average Bonchev–Trinajstić information content (AvgIpc) is 2.58. The summed E-state index contributed by atoms with van der Waals surface area (Å²) < 4.78 is 2.20. The lowest BCUT2D eigenvalue weighted by Gasteiger charge is -1.92. The highest BCUT2D eigenvalue weighted by atomic mass is 127. The molecule has 3 aromatic rings. The zero-order valence-corrected chi connectivity index (χ0v) is 10.4. The van der Waals surface area contributed by atoms with Crippen molar-refractivity contribution >= 4 is 54.2 Å². The van der Waals surface area contributed by atoms with Crippen LogP contribution in [0.3, 0.4) is 0 Å². The Morgan fingerprint density at radius 2 is 2.20 bits per heavy atom. The molecule has 5 heteroatoms. The summed E-state index contributed by atoms with van der Waals surface area (Å²) in [5, 5.41) is 1.73. The maximum absolute atomic E-state index is 11.7. The number of H-pyrrole nitrogens is 1. The number of fused-ring (bicyclic) bond motifs is 3. The average molecular weight is 328 g/mol. The number of nitrogens with zero attached hydrogens (tertiary/aromatic N) is 1. The highest BCUT2D eigenvalue weighted by Gasteiger charge is 2.11. The van der Waals surface area contributed by atoms with Gasteiger partial charge >= 0.3 is 0 Å². The summed E-state index contributed by atoms with van der Waals surface area (Å²) in [5.41, 5.74) is -0.0598. The SMILES string of the molecule is O=c1[nH]cnc2sc3cccc(I)c3c12. The van der Waals surface area contributed by atoms with Crippen LogP contribution in [0.25, 0.3) is 20.3 Å². The van der Waals surface area contributed by atoms with Gasteiger partial charge in [0.25, 0.3) is 5.56 Å². The minimum Gasteiger partial charge on any atom is -0.313 e. The molecule has 0 aliphatic heterocycles. The molecule has 0 radical (unpaired) electrons. The van der Waals surface area contributed by atoms with Gasteiger partial charge < -0.3 is 4.98 Å². The number of rotatable bonds is 0. The number of nitrogens with one attached hydrogen (secondary N) is 1. The predicted molar refractivity (Wildman–Crippen MR) is 70.5 cm³/mol. The van der Waals surface area contributed by atoms with Crippen LogP contribution in [0.15, 0.2) is 29.3 Å². The number of thiophene rings is 1. The number of benzene rings is 1. The summed E-state index contributed by atoms with van der Waals surface area (Å²) in [5.74, 6) is 0. The monoisotopic (exact) mass is 328 g/mol. The first-order valence-corrected chi connectivity index (χ1v) is 6.21. The van der Waals surface area contributed by atoms with Crippen LogP contribution in [0.4, 0.5) is 0 Å². The fourth-order valence-corrected chi connectivity index (χ4v) is 3.64. The van der Waals surface area contributed by atoms with Gasteiger partial charge in [0.05, 0.1) is 11.7 Å². The van der Waals surface area contributed by atoms with Crippen LogP contribution in [0.5, 0.6) is 0 Å². The van der Waals surface area contributed by atoms with E-state index in [1.165, 1.54) is 6.33 Å². The second-order valence-electron chi connectivity index (χ2n) is 3.13. The van der Waals surface area contributed by atoms with E-state index in [1.807, 2.05) is 18.2 Å². The van der Waals surface area contributed by atoms with Crippen molar-refractivity contribution < 1.29 is 0 Å². The third-order valence-corrected chi connectivity index (χ3v) is 4.21. The summed E-state index contributed by atoms with van der Waals surface area (Å²) in [6, 6.07) is 6.01. The molecule has 0 saturated heterocycles. The third-order valence-electron chi connectivity index (χ3n) is 2.25. The first-order chi connectivity index (χ1) is 7.27. The molecule has 0 saturated carbocycles. The molecule has 0 bridgehead atoms. The Morgan fingerprint density at radius 1 is 1.33 bits per heavy atom. The topological polar surface area (TPSA) is 45.8 Å². The van der Waals surface area contributed by atoms with Crippen molar-refractivity contribution in [3.8, 4) is 0 Å². The molecule has 0 fully saturated rings. The van der Waals surface area contributed by atoms with Gasteiger partial charge in [-0.05, 0) is 34.7 Å². The number of hydrogen-bond donors (Lipinski definition) is 1. The van der Waals surface area contributed by atoms with Gasteiger partial charge in [-0.15, -0.1) is 11.3 Å². The van der Waals surface area contributed by atoms with E-state index < -0.39 is 0 Å². The minimum absolute atomic E-state index is 0.0598. The van der Waals surface area contributed by atoms with E-state index in [4.69, 9.17) is 0 Å². The van der Waals surface area contributed by atoms with Crippen molar-refractivity contribution in [2.24, 2.45) is 0 Å². The molecule has 1 N–H and O–H groups in total. The summed E-state index contributed by atoms with van der Waals surface area (Å²) >= 11 is 3.80. The molecular formula is C10H5IN2OS. The molecule has 0 amide bonds. The van der Waals surface area contributed by atoms with Crippen molar-refractivity contribution in [2.75, 3.05) is 0 Å². The summed E-state index contributed by atoms with van der Waals surface area (Å²) in [4.78, 5) is 19.3. The molecule has 2 heterocycles. The van der Waals surface area contributed by atoms with E-state index in [-0.39, 0.29) is 5.56 Å². The first-order valence-electron chi connectivity index (χ1n) is 4.32. The highest BCUT2D eigenvalue weighted by Crippen LogP contribution is 2.32. The molecule has 15 heavy (non-hydrogen) atoms. The highest BCUT2D eigenvalue weighted by molar-refractivity contribution is 14.1. The van der Waals surface area contributed by atoms with E-state index in [2.05, 4.69) is 32.6 Å². The lowest BCUT2D eigenvalue weighted by molar-refractivity contribution is 1.18. The number of aromatic nitrogens is 2. The molecular weight excluding hydrogens is 323 g/mol. The van der Waals surface area contributed by atoms with Gasteiger partial charge in [0.2, 0.25) is 0 Å². The van der Waals surface area contributed by atoms with Crippen molar-refractivity contribution in [3.05, 3.63) is 38.5 Å². The molecule has 3 nitrogen and oxygen atoms in total. The number of hydrogen-bond acceptors (Lipinski definition) is 3. The largest absolute Gasteiger partial charge is 0.313 e. The van der Waals surface area contributed by atoms with Crippen molar-refractivity contribution in [1.82, 2.24) is 9.97 Å². The van der Waals surface area contributed by atoms with Crippen molar-refractivity contribution in [1.29, 1.82) is 0 Å². The second kappa shape index (κ2) is 3.28. The Hall–Kier alpha value is -0.950. The third kappa shape index (κ3) is 1.30. The summed E-state index contributed by atoms with van der Waals surface area (Å²) in [6.45, 7) is 0. The molecule has 0 aliphatic rings. The Balaban J connectivity index is 2.74. The van der Waals surface area contributed by atoms with Crippen LogP contribution in [-0.2, 0) is 0 Å². The van der Waals surface area contributed by atoms with E-state index in [0.717, 1.165) is 18.5 Å². The van der Waals surface area contributed by atoms with Gasteiger partial charge in [-0.3, -0.25) is 4.79 Å². The molecule has 2 aromatic heterocycles. The molecule has 0 unspecified atom stereocenters. The predicted octanol–water partition coefficient (Wildman–Crippen LogP) is 2.74. The van der Waals surface area contributed by atoms with E-state index in [1.54, 1.807) is 11.3 Å². The van der Waals surface area contributed by atoms with Gasteiger partial charge in [-0.1, -0.05) is 6.07 Å². The lowest BCUT2D eigenvalue weighted by atomic mass is 10.2. The van der Waals surface area contributed by atoms with Gasteiger partial charge in [0, 0.05) is 13.7 Å². The van der Waals surface area contributed by atoms with Crippen LogP contribution >= 0.6 is 33.9 Å². The van der Waals surface area contributed by atoms with Gasteiger partial charge in [-0.25, -0.2) is 4.98 Å². The zero-order valence-electron chi connectivity index (χ0n) is 7.45. The normalized spacial score (nSPS) is 11.3. The maximum Gasteiger partial charge on any atom is 0.260 e. The summed E-state index contributed by atoms with van der Waals surface area (Å²) in [7, 11) is 0. The Morgan fingerprint density at radius 3 is 3.07 bits per heavy atom. The first kappa shape index (κ1) is 9.29. The minimum atomic E-state index is -0.0598. The van der Waals surface area contributed by atoms with Crippen LogP contribution in [-0.4, -0.2) is 9.97 Å². The van der Waals surface area contributed by atoms with Crippen molar-refractivity contribution in [2.45, 2.75) is 0 Å². The molecule has 1 aromatic carbocycles. The smallest absolute Gasteiger partial charge is 0.260 e. The molecule has 74 valence electrons. The van der Waals surface area contributed by atoms with Crippen LogP contribution in [0.2, 0.25) is 0 Å². The molecule has 0 spiro atoms. The molecule has 0 aliphatic carbocycles. The Bertz CT molecular complexity index is 716. The summed E-state index contributed by atoms with van der Waals surface area (Å²) in [6.07, 6.45) is 1.45. The van der Waals surface area contributed by atoms with Crippen LogP contribution in [0, 0.1) is 3.57 Å². The van der Waals surface area contributed by atoms with Gasteiger partial charge in [0.1, 0.15) is 4.83 Å². The van der Waals surface area contributed by atoms with Crippen molar-refractivity contribution in [3.63, 3.8) is 0 Å². The number of halogens is 1. The maximum atomic E-state index is 11.7.